The summed E-state index contributed by atoms with van der Waals surface area (Å²) in [5.41, 5.74) is 2.92. The first kappa shape index (κ1) is 18.0. The van der Waals surface area contributed by atoms with Crippen LogP contribution in [0.3, 0.4) is 0 Å². The van der Waals surface area contributed by atoms with E-state index >= 15 is 0 Å². The molecule has 6 nitrogen and oxygen atoms in total. The zero-order valence-electron chi connectivity index (χ0n) is 15.8. The van der Waals surface area contributed by atoms with E-state index in [1.54, 1.807) is 0 Å². The maximum Gasteiger partial charge on any atom is 0.264 e. The SMILES string of the molecule is CCc1nnc(-c2cc3ccccc3n2CC(=O)NCCc2ccccc2)o1. The van der Waals surface area contributed by atoms with Crippen LogP contribution in [0, 0.1) is 0 Å². The fourth-order valence-electron chi connectivity index (χ4n) is 3.25. The van der Waals surface area contributed by atoms with Crippen molar-refractivity contribution in [3.63, 3.8) is 0 Å². The molecule has 0 aliphatic heterocycles. The molecule has 28 heavy (non-hydrogen) atoms. The number of aryl methyl sites for hydroxylation is 1. The quantitative estimate of drug-likeness (QED) is 0.536. The van der Waals surface area contributed by atoms with E-state index in [1.807, 2.05) is 60.0 Å². The first-order valence-electron chi connectivity index (χ1n) is 9.46. The zero-order valence-corrected chi connectivity index (χ0v) is 15.8. The summed E-state index contributed by atoms with van der Waals surface area (Å²) < 4.78 is 7.67. The normalized spacial score (nSPS) is 11.0. The standard InChI is InChI=1S/C22H22N4O2/c1-2-21-24-25-22(28-21)19-14-17-10-6-7-11-18(17)26(19)15-20(27)23-13-12-16-8-4-3-5-9-16/h3-11,14H,2,12-13,15H2,1H3,(H,23,27). The van der Waals surface area contributed by atoms with Gasteiger partial charge in [0.1, 0.15) is 12.2 Å². The molecule has 0 fully saturated rings. The van der Waals surface area contributed by atoms with Crippen LogP contribution >= 0.6 is 0 Å². The first-order chi connectivity index (χ1) is 13.7. The van der Waals surface area contributed by atoms with E-state index in [1.165, 1.54) is 5.56 Å². The van der Waals surface area contributed by atoms with Crippen molar-refractivity contribution < 1.29 is 9.21 Å². The number of hydrogen-bond donors (Lipinski definition) is 1. The Bertz CT molecular complexity index is 1080. The summed E-state index contributed by atoms with van der Waals surface area (Å²) >= 11 is 0. The monoisotopic (exact) mass is 374 g/mol. The summed E-state index contributed by atoms with van der Waals surface area (Å²) in [6, 6.07) is 20.0. The Morgan fingerprint density at radius 3 is 2.64 bits per heavy atom. The van der Waals surface area contributed by atoms with Gasteiger partial charge in [0.05, 0.1) is 0 Å². The van der Waals surface area contributed by atoms with Crippen LogP contribution in [-0.4, -0.2) is 27.2 Å². The van der Waals surface area contributed by atoms with Crippen LogP contribution in [0.15, 0.2) is 65.1 Å². The second-order valence-electron chi connectivity index (χ2n) is 6.61. The van der Waals surface area contributed by atoms with Crippen molar-refractivity contribution in [2.75, 3.05) is 6.54 Å². The number of amides is 1. The first-order valence-corrected chi connectivity index (χ1v) is 9.46. The van der Waals surface area contributed by atoms with Crippen molar-refractivity contribution >= 4 is 16.8 Å². The minimum atomic E-state index is -0.0474. The Morgan fingerprint density at radius 2 is 1.86 bits per heavy atom. The molecular formula is C22H22N4O2. The summed E-state index contributed by atoms with van der Waals surface area (Å²) in [6.07, 6.45) is 1.47. The highest BCUT2D eigenvalue weighted by molar-refractivity contribution is 5.88. The molecule has 6 heteroatoms. The second kappa shape index (κ2) is 8.08. The summed E-state index contributed by atoms with van der Waals surface area (Å²) in [5.74, 6) is 0.970. The molecule has 0 radical (unpaired) electrons. The number of hydrogen-bond acceptors (Lipinski definition) is 4. The van der Waals surface area contributed by atoms with Gasteiger partial charge in [-0.2, -0.15) is 0 Å². The molecule has 4 rings (SSSR count). The number of nitrogens with one attached hydrogen (secondary N) is 1. The summed E-state index contributed by atoms with van der Waals surface area (Å²) in [5, 5.41) is 12.2. The number of rotatable bonds is 7. The zero-order chi connectivity index (χ0) is 19.3. The molecule has 0 saturated heterocycles. The predicted molar refractivity (Wildman–Crippen MR) is 108 cm³/mol. The van der Waals surface area contributed by atoms with Gasteiger partial charge in [0.25, 0.3) is 5.89 Å². The highest BCUT2D eigenvalue weighted by Gasteiger charge is 2.17. The van der Waals surface area contributed by atoms with Crippen LogP contribution in [0.5, 0.6) is 0 Å². The molecule has 2 aromatic heterocycles. The van der Waals surface area contributed by atoms with Crippen molar-refractivity contribution in [1.29, 1.82) is 0 Å². The Balaban J connectivity index is 1.53. The number of aromatic nitrogens is 3. The summed E-state index contributed by atoms with van der Waals surface area (Å²) in [7, 11) is 0. The Labute approximate surface area is 163 Å². The molecule has 0 saturated carbocycles. The molecule has 0 atom stereocenters. The molecule has 0 aliphatic rings. The lowest BCUT2D eigenvalue weighted by Gasteiger charge is -2.10. The Hall–Kier alpha value is -3.41. The Kier molecular flexibility index (Phi) is 5.19. The molecule has 1 N–H and O–H groups in total. The molecule has 1 amide bonds. The van der Waals surface area contributed by atoms with Crippen LogP contribution < -0.4 is 5.32 Å². The summed E-state index contributed by atoms with van der Waals surface area (Å²) in [4.78, 5) is 12.6. The fourth-order valence-corrected chi connectivity index (χ4v) is 3.25. The van der Waals surface area contributed by atoms with Gasteiger partial charge in [0, 0.05) is 23.9 Å². The van der Waals surface area contributed by atoms with Crippen LogP contribution in [0.2, 0.25) is 0 Å². The summed E-state index contributed by atoms with van der Waals surface area (Å²) in [6.45, 7) is 2.76. The van der Waals surface area contributed by atoms with Gasteiger partial charge in [-0.3, -0.25) is 4.79 Å². The van der Waals surface area contributed by atoms with Crippen molar-refractivity contribution in [2.45, 2.75) is 26.3 Å². The number of fused-ring (bicyclic) bond motifs is 1. The molecule has 2 aromatic carbocycles. The van der Waals surface area contributed by atoms with E-state index in [0.717, 1.165) is 23.0 Å². The maximum absolute atomic E-state index is 12.6. The fraction of sp³-hybridized carbons (Fsp3) is 0.227. The third-order valence-electron chi connectivity index (χ3n) is 4.68. The van der Waals surface area contributed by atoms with Gasteiger partial charge in [0.2, 0.25) is 11.8 Å². The van der Waals surface area contributed by atoms with Gasteiger partial charge in [0.15, 0.2) is 0 Å². The highest BCUT2D eigenvalue weighted by atomic mass is 16.4. The lowest BCUT2D eigenvalue weighted by Crippen LogP contribution is -2.29. The van der Waals surface area contributed by atoms with Crippen LogP contribution in [0.4, 0.5) is 0 Å². The smallest absolute Gasteiger partial charge is 0.264 e. The molecule has 2 heterocycles. The number of carbonyl (C=O) groups is 1. The maximum atomic E-state index is 12.6. The van der Waals surface area contributed by atoms with Gasteiger partial charge in [-0.1, -0.05) is 55.5 Å². The van der Waals surface area contributed by atoms with Crippen molar-refractivity contribution in [1.82, 2.24) is 20.1 Å². The molecule has 0 bridgehead atoms. The van der Waals surface area contributed by atoms with E-state index in [-0.39, 0.29) is 12.5 Å². The van der Waals surface area contributed by atoms with Crippen molar-refractivity contribution in [2.24, 2.45) is 0 Å². The average Bonchev–Trinajstić information content (AvgIpc) is 3.34. The predicted octanol–water partition coefficient (Wildman–Crippen LogP) is 3.61. The minimum Gasteiger partial charge on any atom is -0.419 e. The molecule has 0 spiro atoms. The van der Waals surface area contributed by atoms with Crippen LogP contribution in [-0.2, 0) is 24.2 Å². The third-order valence-corrected chi connectivity index (χ3v) is 4.68. The number of carbonyl (C=O) groups excluding carboxylic acids is 1. The van der Waals surface area contributed by atoms with E-state index in [4.69, 9.17) is 4.42 Å². The molecule has 4 aromatic rings. The molecule has 0 aliphatic carbocycles. The highest BCUT2D eigenvalue weighted by Crippen LogP contribution is 2.27. The van der Waals surface area contributed by atoms with Gasteiger partial charge in [-0.15, -0.1) is 10.2 Å². The number of benzene rings is 2. The van der Waals surface area contributed by atoms with Crippen LogP contribution in [0.25, 0.3) is 22.5 Å². The lowest BCUT2D eigenvalue weighted by molar-refractivity contribution is -0.121. The van der Waals surface area contributed by atoms with Crippen molar-refractivity contribution in [3.8, 4) is 11.6 Å². The molecule has 0 unspecified atom stereocenters. The van der Waals surface area contributed by atoms with E-state index in [2.05, 4.69) is 27.6 Å². The third kappa shape index (κ3) is 3.81. The van der Waals surface area contributed by atoms with Crippen molar-refractivity contribution in [3.05, 3.63) is 72.1 Å². The number of nitrogens with zero attached hydrogens (tertiary/aromatic N) is 3. The van der Waals surface area contributed by atoms with Gasteiger partial charge in [-0.05, 0) is 24.1 Å². The largest absolute Gasteiger partial charge is 0.419 e. The van der Waals surface area contributed by atoms with Gasteiger partial charge >= 0.3 is 0 Å². The second-order valence-corrected chi connectivity index (χ2v) is 6.61. The van der Waals surface area contributed by atoms with E-state index < -0.39 is 0 Å². The lowest BCUT2D eigenvalue weighted by atomic mass is 10.1. The van der Waals surface area contributed by atoms with Gasteiger partial charge < -0.3 is 14.3 Å². The average molecular weight is 374 g/mol. The van der Waals surface area contributed by atoms with Crippen LogP contribution in [0.1, 0.15) is 18.4 Å². The van der Waals surface area contributed by atoms with Gasteiger partial charge in [-0.25, -0.2) is 0 Å². The Morgan fingerprint density at radius 1 is 1.07 bits per heavy atom. The van der Waals surface area contributed by atoms with E-state index in [0.29, 0.717) is 24.7 Å². The minimum absolute atomic E-state index is 0.0474. The van der Waals surface area contributed by atoms with E-state index in [9.17, 15) is 4.79 Å². The molecule has 142 valence electrons. The molecular weight excluding hydrogens is 352 g/mol. The topological polar surface area (TPSA) is 73.0 Å². The number of para-hydroxylation sites is 1.